The number of nitrogens with zero attached hydrogens (tertiary/aromatic N) is 1. The Bertz CT molecular complexity index is 301. The molecule has 1 aromatic heterocycles. The summed E-state index contributed by atoms with van der Waals surface area (Å²) in [4.78, 5) is 4.12. The molecular formula is C8H8Cl2N2. The van der Waals surface area contributed by atoms with Crippen LogP contribution < -0.4 is 5.73 Å². The van der Waals surface area contributed by atoms with Gasteiger partial charge >= 0.3 is 0 Å². The molecule has 0 atom stereocenters. The smallest absolute Gasteiger partial charge is 0.130 e. The summed E-state index contributed by atoms with van der Waals surface area (Å²) < 4.78 is 0. The number of pyridine rings is 1. The van der Waals surface area contributed by atoms with E-state index in [4.69, 9.17) is 28.9 Å². The van der Waals surface area contributed by atoms with Gasteiger partial charge in [0.1, 0.15) is 5.15 Å². The highest BCUT2D eigenvalue weighted by Crippen LogP contribution is 2.42. The molecule has 2 rings (SSSR count). The molecule has 1 saturated carbocycles. The van der Waals surface area contributed by atoms with Crippen LogP contribution in [0.3, 0.4) is 0 Å². The fraction of sp³-hybridized carbons (Fsp3) is 0.375. The molecule has 0 bridgehead atoms. The van der Waals surface area contributed by atoms with Gasteiger partial charge in [0, 0.05) is 5.02 Å². The second kappa shape index (κ2) is 2.59. The normalized spacial score (nSPS) is 19.2. The maximum Gasteiger partial charge on any atom is 0.130 e. The van der Waals surface area contributed by atoms with Gasteiger partial charge in [0.2, 0.25) is 0 Å². The zero-order valence-corrected chi connectivity index (χ0v) is 7.86. The van der Waals surface area contributed by atoms with Crippen molar-refractivity contribution in [3.05, 3.63) is 28.0 Å². The molecule has 0 saturated heterocycles. The molecule has 1 aliphatic carbocycles. The quantitative estimate of drug-likeness (QED) is 0.711. The van der Waals surface area contributed by atoms with E-state index in [1.165, 1.54) is 0 Å². The van der Waals surface area contributed by atoms with E-state index in [1.807, 2.05) is 0 Å². The first-order valence-electron chi connectivity index (χ1n) is 3.73. The second-order valence-corrected chi connectivity index (χ2v) is 3.97. The minimum atomic E-state index is -0.255. The number of nitrogens with two attached hydrogens (primary N) is 1. The van der Waals surface area contributed by atoms with Gasteiger partial charge in [-0.3, -0.25) is 0 Å². The van der Waals surface area contributed by atoms with Gasteiger partial charge in [-0.1, -0.05) is 23.2 Å². The zero-order chi connectivity index (χ0) is 8.77. The highest BCUT2D eigenvalue weighted by molar-refractivity contribution is 6.33. The SMILES string of the molecule is NC1(c2cc(Cl)cc(Cl)n2)CC1. The van der Waals surface area contributed by atoms with Crippen LogP contribution in [0.15, 0.2) is 12.1 Å². The van der Waals surface area contributed by atoms with Gasteiger partial charge in [-0.15, -0.1) is 0 Å². The molecule has 0 spiro atoms. The maximum absolute atomic E-state index is 5.93. The molecular weight excluding hydrogens is 195 g/mol. The van der Waals surface area contributed by atoms with Crippen molar-refractivity contribution in [1.82, 2.24) is 4.98 Å². The molecule has 0 aliphatic heterocycles. The van der Waals surface area contributed by atoms with E-state index in [-0.39, 0.29) is 5.54 Å². The van der Waals surface area contributed by atoms with Crippen molar-refractivity contribution in [1.29, 1.82) is 0 Å². The molecule has 0 amide bonds. The summed E-state index contributed by atoms with van der Waals surface area (Å²) >= 11 is 11.5. The van der Waals surface area contributed by atoms with Crippen molar-refractivity contribution in [2.75, 3.05) is 0 Å². The fourth-order valence-electron chi connectivity index (χ4n) is 1.11. The van der Waals surface area contributed by atoms with E-state index >= 15 is 0 Å². The van der Waals surface area contributed by atoms with Crippen LogP contribution in [0.4, 0.5) is 0 Å². The summed E-state index contributed by atoms with van der Waals surface area (Å²) in [7, 11) is 0. The van der Waals surface area contributed by atoms with Gasteiger partial charge in [-0.2, -0.15) is 0 Å². The first-order valence-corrected chi connectivity index (χ1v) is 4.48. The first kappa shape index (κ1) is 8.30. The van der Waals surface area contributed by atoms with Crippen LogP contribution in [0.2, 0.25) is 10.2 Å². The van der Waals surface area contributed by atoms with Crippen molar-refractivity contribution in [3.63, 3.8) is 0 Å². The number of rotatable bonds is 1. The summed E-state index contributed by atoms with van der Waals surface area (Å²) in [5, 5.41) is 1.01. The van der Waals surface area contributed by atoms with E-state index in [2.05, 4.69) is 4.98 Å². The molecule has 0 radical (unpaired) electrons. The Hall–Kier alpha value is -0.310. The highest BCUT2D eigenvalue weighted by Gasteiger charge is 2.41. The van der Waals surface area contributed by atoms with E-state index in [0.717, 1.165) is 18.5 Å². The topological polar surface area (TPSA) is 38.9 Å². The molecule has 1 fully saturated rings. The van der Waals surface area contributed by atoms with Crippen LogP contribution in [0.25, 0.3) is 0 Å². The van der Waals surface area contributed by atoms with Crippen LogP contribution in [-0.2, 0) is 5.54 Å². The number of halogens is 2. The lowest BCUT2D eigenvalue weighted by atomic mass is 10.2. The molecule has 1 heterocycles. The Morgan fingerprint density at radius 2 is 2.00 bits per heavy atom. The van der Waals surface area contributed by atoms with Crippen LogP contribution in [0.5, 0.6) is 0 Å². The van der Waals surface area contributed by atoms with Crippen molar-refractivity contribution < 1.29 is 0 Å². The van der Waals surface area contributed by atoms with Gasteiger partial charge < -0.3 is 5.73 Å². The molecule has 64 valence electrons. The summed E-state index contributed by atoms with van der Waals surface area (Å²) in [5.74, 6) is 0. The summed E-state index contributed by atoms with van der Waals surface area (Å²) in [6.07, 6.45) is 1.94. The summed E-state index contributed by atoms with van der Waals surface area (Å²) in [6.45, 7) is 0. The molecule has 0 aromatic carbocycles. The maximum atomic E-state index is 5.93. The molecule has 2 N–H and O–H groups in total. The third kappa shape index (κ3) is 1.42. The van der Waals surface area contributed by atoms with Gasteiger partial charge in [0.25, 0.3) is 0 Å². The van der Waals surface area contributed by atoms with Crippen LogP contribution in [0.1, 0.15) is 18.5 Å². The average Bonchev–Trinajstić information content (AvgIpc) is 2.67. The molecule has 1 aliphatic rings. The minimum Gasteiger partial charge on any atom is -0.320 e. The molecule has 12 heavy (non-hydrogen) atoms. The third-order valence-corrected chi connectivity index (χ3v) is 2.47. The van der Waals surface area contributed by atoms with E-state index in [1.54, 1.807) is 12.1 Å². The molecule has 1 aromatic rings. The van der Waals surface area contributed by atoms with Crippen molar-refractivity contribution in [2.45, 2.75) is 18.4 Å². The minimum absolute atomic E-state index is 0.255. The number of hydrogen-bond acceptors (Lipinski definition) is 2. The zero-order valence-electron chi connectivity index (χ0n) is 6.35. The lowest BCUT2D eigenvalue weighted by Gasteiger charge is -2.07. The van der Waals surface area contributed by atoms with E-state index < -0.39 is 0 Å². The van der Waals surface area contributed by atoms with Crippen molar-refractivity contribution in [2.24, 2.45) is 5.73 Å². The van der Waals surface area contributed by atoms with Gasteiger partial charge in [0.05, 0.1) is 11.2 Å². The number of aromatic nitrogens is 1. The molecule has 4 heteroatoms. The van der Waals surface area contributed by atoms with Gasteiger partial charge in [0.15, 0.2) is 0 Å². The fourth-order valence-corrected chi connectivity index (χ4v) is 1.58. The van der Waals surface area contributed by atoms with Crippen LogP contribution in [0, 0.1) is 0 Å². The molecule has 2 nitrogen and oxygen atoms in total. The Kier molecular flexibility index (Phi) is 1.79. The van der Waals surface area contributed by atoms with Gasteiger partial charge in [-0.05, 0) is 25.0 Å². The summed E-state index contributed by atoms with van der Waals surface area (Å²) in [6, 6.07) is 3.39. The Morgan fingerprint density at radius 1 is 1.33 bits per heavy atom. The molecule has 0 unspecified atom stereocenters. The highest BCUT2D eigenvalue weighted by atomic mass is 35.5. The predicted molar refractivity (Wildman–Crippen MR) is 49.4 cm³/mol. The van der Waals surface area contributed by atoms with Crippen molar-refractivity contribution in [3.8, 4) is 0 Å². The Labute approximate surface area is 80.7 Å². The van der Waals surface area contributed by atoms with Crippen LogP contribution in [-0.4, -0.2) is 4.98 Å². The predicted octanol–water partition coefficient (Wildman–Crippen LogP) is 2.34. The van der Waals surface area contributed by atoms with Crippen molar-refractivity contribution >= 4 is 23.2 Å². The monoisotopic (exact) mass is 202 g/mol. The van der Waals surface area contributed by atoms with E-state index in [9.17, 15) is 0 Å². The van der Waals surface area contributed by atoms with E-state index in [0.29, 0.717) is 10.2 Å². The second-order valence-electron chi connectivity index (χ2n) is 3.15. The number of hydrogen-bond donors (Lipinski definition) is 1. The standard InChI is InChI=1S/C8H8Cl2N2/c9-5-3-6(8(11)1-2-8)12-7(10)4-5/h3-4H,1-2,11H2. The average molecular weight is 203 g/mol. The Morgan fingerprint density at radius 3 is 2.50 bits per heavy atom. The van der Waals surface area contributed by atoms with Gasteiger partial charge in [-0.25, -0.2) is 4.98 Å². The first-order chi connectivity index (χ1) is 5.60. The van der Waals surface area contributed by atoms with Crippen LogP contribution >= 0.6 is 23.2 Å². The Balaban J connectivity index is 2.44. The third-order valence-electron chi connectivity index (χ3n) is 2.06. The lowest BCUT2D eigenvalue weighted by molar-refractivity contribution is 0.708. The lowest BCUT2D eigenvalue weighted by Crippen LogP contribution is -2.20. The largest absolute Gasteiger partial charge is 0.320 e. The summed E-state index contributed by atoms with van der Waals surface area (Å²) in [5.41, 5.74) is 6.48.